The Bertz CT molecular complexity index is 1170. The number of fused-ring (bicyclic) bond motifs is 1. The molecule has 3 atom stereocenters. The van der Waals surface area contributed by atoms with Crippen molar-refractivity contribution in [3.05, 3.63) is 53.1 Å². The van der Waals surface area contributed by atoms with E-state index in [1.54, 1.807) is 18.2 Å². The predicted octanol–water partition coefficient (Wildman–Crippen LogP) is 4.34. The van der Waals surface area contributed by atoms with Crippen LogP contribution < -0.4 is 14.8 Å². The Morgan fingerprint density at radius 3 is 2.46 bits per heavy atom. The van der Waals surface area contributed by atoms with Crippen LogP contribution in [0, 0.1) is 5.92 Å². The standard InChI is InChI=1S/C29H37FN2O7/c1-5-19-8-7-9-20(6-2)27(19)31-25(33)16-32-15-22(21-10-11-23-24(14-21)38-17-37-23)26(28(34)35)29(32,30)39-13-12-36-18(3)4/h7-11,14,18,22,26H,5-6,12-13,15-17H2,1-4H3,(H,31,33)(H,34,35). The van der Waals surface area contributed by atoms with Crippen molar-refractivity contribution < 1.29 is 38.0 Å². The van der Waals surface area contributed by atoms with E-state index < -0.39 is 36.2 Å². The van der Waals surface area contributed by atoms with Crippen LogP contribution in [0.2, 0.25) is 0 Å². The molecule has 212 valence electrons. The minimum Gasteiger partial charge on any atom is -0.481 e. The van der Waals surface area contributed by atoms with Crippen molar-refractivity contribution in [2.45, 2.75) is 58.5 Å². The number of amides is 1. The summed E-state index contributed by atoms with van der Waals surface area (Å²) in [5, 5.41) is 13.2. The van der Waals surface area contributed by atoms with Gasteiger partial charge in [0, 0.05) is 18.2 Å². The van der Waals surface area contributed by atoms with Crippen LogP contribution in [0.4, 0.5) is 10.1 Å². The second kappa shape index (κ2) is 12.3. The molecule has 2 heterocycles. The third kappa shape index (κ3) is 6.18. The maximum Gasteiger partial charge on any atom is 0.314 e. The number of carbonyl (C=O) groups is 2. The van der Waals surface area contributed by atoms with Crippen molar-refractivity contribution in [2.75, 3.05) is 38.4 Å². The number of ether oxygens (including phenoxy) is 4. The molecule has 1 fully saturated rings. The minimum atomic E-state index is -2.75. The van der Waals surface area contributed by atoms with Crippen molar-refractivity contribution in [3.63, 3.8) is 0 Å². The fraction of sp³-hybridized carbons (Fsp3) is 0.517. The van der Waals surface area contributed by atoms with Crippen molar-refractivity contribution in [1.82, 2.24) is 4.90 Å². The lowest BCUT2D eigenvalue weighted by Gasteiger charge is -2.33. The summed E-state index contributed by atoms with van der Waals surface area (Å²) >= 11 is 0. The molecule has 2 N–H and O–H groups in total. The van der Waals surface area contributed by atoms with Crippen molar-refractivity contribution in [3.8, 4) is 11.5 Å². The molecule has 4 rings (SSSR count). The molecule has 0 radical (unpaired) electrons. The Kier molecular flexibility index (Phi) is 9.09. The van der Waals surface area contributed by atoms with E-state index in [-0.39, 0.29) is 32.7 Å². The Morgan fingerprint density at radius 2 is 1.82 bits per heavy atom. The van der Waals surface area contributed by atoms with Crippen LogP contribution in [0.3, 0.4) is 0 Å². The van der Waals surface area contributed by atoms with E-state index >= 15 is 4.39 Å². The number of nitrogens with one attached hydrogen (secondary N) is 1. The monoisotopic (exact) mass is 544 g/mol. The van der Waals surface area contributed by atoms with Crippen LogP contribution in [0.1, 0.15) is 50.3 Å². The van der Waals surface area contributed by atoms with Gasteiger partial charge in [-0.2, -0.15) is 4.39 Å². The van der Waals surface area contributed by atoms with E-state index in [2.05, 4.69) is 5.32 Å². The maximum atomic E-state index is 16.8. The lowest BCUT2D eigenvalue weighted by Crippen LogP contribution is -2.51. The number of anilines is 1. The molecule has 1 saturated heterocycles. The molecule has 0 aromatic heterocycles. The van der Waals surface area contributed by atoms with Gasteiger partial charge < -0.3 is 29.4 Å². The normalized spacial score (nSPS) is 22.4. The largest absolute Gasteiger partial charge is 0.481 e. The quantitative estimate of drug-likeness (QED) is 0.300. The molecule has 2 aromatic rings. The third-order valence-electron chi connectivity index (χ3n) is 7.16. The number of carbonyl (C=O) groups excluding carboxylic acids is 1. The smallest absolute Gasteiger partial charge is 0.314 e. The van der Waals surface area contributed by atoms with Gasteiger partial charge in [0.2, 0.25) is 12.7 Å². The average Bonchev–Trinajstić information content (AvgIpc) is 3.48. The molecule has 2 aliphatic rings. The average molecular weight is 545 g/mol. The van der Waals surface area contributed by atoms with Crippen LogP contribution >= 0.6 is 0 Å². The van der Waals surface area contributed by atoms with Gasteiger partial charge in [-0.1, -0.05) is 38.1 Å². The molecule has 3 unspecified atom stereocenters. The zero-order valence-electron chi connectivity index (χ0n) is 22.9. The molecule has 2 aliphatic heterocycles. The van der Waals surface area contributed by atoms with Gasteiger partial charge >= 0.3 is 5.97 Å². The second-order valence-electron chi connectivity index (χ2n) is 10.00. The third-order valence-corrected chi connectivity index (χ3v) is 7.16. The molecule has 0 bridgehead atoms. The summed E-state index contributed by atoms with van der Waals surface area (Å²) in [5.41, 5.74) is 3.21. The number of hydrogen-bond acceptors (Lipinski definition) is 7. The number of alkyl halides is 1. The fourth-order valence-corrected chi connectivity index (χ4v) is 5.26. The number of carboxylic acid groups (broad SMARTS) is 1. The Labute approximate surface area is 228 Å². The Morgan fingerprint density at radius 1 is 1.13 bits per heavy atom. The highest BCUT2D eigenvalue weighted by molar-refractivity contribution is 5.94. The van der Waals surface area contributed by atoms with Crippen LogP contribution in [0.15, 0.2) is 36.4 Å². The summed E-state index contributed by atoms with van der Waals surface area (Å²) in [6.45, 7) is 7.18. The first-order valence-corrected chi connectivity index (χ1v) is 13.4. The van der Waals surface area contributed by atoms with Gasteiger partial charge in [0.1, 0.15) is 5.92 Å². The fourth-order valence-electron chi connectivity index (χ4n) is 5.26. The Balaban J connectivity index is 1.62. The van der Waals surface area contributed by atoms with Crippen LogP contribution in [-0.2, 0) is 31.9 Å². The molecule has 39 heavy (non-hydrogen) atoms. The van der Waals surface area contributed by atoms with E-state index in [1.807, 2.05) is 45.9 Å². The van der Waals surface area contributed by atoms with Crippen molar-refractivity contribution >= 4 is 17.6 Å². The number of benzene rings is 2. The molecule has 9 nitrogen and oxygen atoms in total. The maximum absolute atomic E-state index is 16.8. The zero-order chi connectivity index (χ0) is 28.2. The minimum absolute atomic E-state index is 0.0539. The number of nitrogens with zero attached hydrogens (tertiary/aromatic N) is 1. The second-order valence-corrected chi connectivity index (χ2v) is 10.00. The topological polar surface area (TPSA) is 107 Å². The lowest BCUT2D eigenvalue weighted by atomic mass is 9.87. The van der Waals surface area contributed by atoms with E-state index in [0.29, 0.717) is 35.6 Å². The summed E-state index contributed by atoms with van der Waals surface area (Å²) in [6, 6.07) is 10.9. The number of para-hydroxylation sites is 1. The molecule has 0 spiro atoms. The summed E-state index contributed by atoms with van der Waals surface area (Å²) in [4.78, 5) is 27.0. The van der Waals surface area contributed by atoms with Crippen LogP contribution in [-0.4, -0.2) is 67.1 Å². The SMILES string of the molecule is CCc1cccc(CC)c1NC(=O)CN1CC(c2ccc3c(c2)OCO3)C(C(=O)O)C1(F)OCCOC(C)C. The molecular formula is C29H37FN2O7. The number of aliphatic carboxylic acids is 1. The first kappa shape index (κ1) is 28.8. The van der Waals surface area contributed by atoms with Gasteiger partial charge in [0.25, 0.3) is 5.98 Å². The summed E-state index contributed by atoms with van der Waals surface area (Å²) in [7, 11) is 0. The zero-order valence-corrected chi connectivity index (χ0v) is 22.9. The molecular weight excluding hydrogens is 507 g/mol. The number of carboxylic acids is 1. The van der Waals surface area contributed by atoms with E-state index in [0.717, 1.165) is 11.1 Å². The van der Waals surface area contributed by atoms with Gasteiger partial charge in [-0.05, 0) is 55.5 Å². The van der Waals surface area contributed by atoms with Gasteiger partial charge in [-0.3, -0.25) is 9.59 Å². The molecule has 1 amide bonds. The highest BCUT2D eigenvalue weighted by Crippen LogP contribution is 2.48. The Hall–Kier alpha value is -3.21. The first-order valence-electron chi connectivity index (χ1n) is 13.4. The van der Waals surface area contributed by atoms with Crippen molar-refractivity contribution in [1.29, 1.82) is 0 Å². The number of rotatable bonds is 12. The van der Waals surface area contributed by atoms with Crippen LogP contribution in [0.5, 0.6) is 11.5 Å². The summed E-state index contributed by atoms with van der Waals surface area (Å²) in [5.74, 6) is -5.97. The highest BCUT2D eigenvalue weighted by Gasteiger charge is 2.60. The first-order chi connectivity index (χ1) is 18.7. The van der Waals surface area contributed by atoms with Gasteiger partial charge in [0.15, 0.2) is 11.5 Å². The number of likely N-dealkylation sites (tertiary alicyclic amines) is 1. The number of halogens is 1. The predicted molar refractivity (Wildman–Crippen MR) is 143 cm³/mol. The van der Waals surface area contributed by atoms with Gasteiger partial charge in [-0.25, -0.2) is 4.90 Å². The lowest BCUT2D eigenvalue weighted by molar-refractivity contribution is -0.254. The number of hydrogen-bond donors (Lipinski definition) is 2. The van der Waals surface area contributed by atoms with E-state index in [4.69, 9.17) is 18.9 Å². The highest BCUT2D eigenvalue weighted by atomic mass is 19.2. The molecule has 10 heteroatoms. The van der Waals surface area contributed by atoms with Crippen molar-refractivity contribution in [2.24, 2.45) is 5.92 Å². The van der Waals surface area contributed by atoms with Gasteiger partial charge in [-0.15, -0.1) is 0 Å². The summed E-state index contributed by atoms with van der Waals surface area (Å²) < 4.78 is 38.8. The van der Waals surface area contributed by atoms with E-state index in [9.17, 15) is 14.7 Å². The number of aryl methyl sites for hydroxylation is 2. The molecule has 0 aliphatic carbocycles. The molecule has 0 saturated carbocycles. The summed E-state index contributed by atoms with van der Waals surface area (Å²) in [6.07, 6.45) is 1.33. The van der Waals surface area contributed by atoms with E-state index in [1.165, 1.54) is 4.90 Å². The van der Waals surface area contributed by atoms with Crippen LogP contribution in [0.25, 0.3) is 0 Å². The van der Waals surface area contributed by atoms with Gasteiger partial charge in [0.05, 0.1) is 25.9 Å². The molecule has 2 aromatic carbocycles.